The summed E-state index contributed by atoms with van der Waals surface area (Å²) in [7, 11) is 0. The Labute approximate surface area is 61.2 Å². The van der Waals surface area contributed by atoms with Crippen LogP contribution in [0.5, 0.6) is 0 Å². The van der Waals surface area contributed by atoms with Crippen LogP contribution in [0.4, 0.5) is 0 Å². The van der Waals surface area contributed by atoms with E-state index in [0.29, 0.717) is 0 Å². The van der Waals surface area contributed by atoms with Crippen LogP contribution in [0.1, 0.15) is 20.3 Å². The topological polar surface area (TPSA) is 40.5 Å². The highest BCUT2D eigenvalue weighted by molar-refractivity contribution is 5.08. The Bertz CT molecular complexity index is 149. The highest BCUT2D eigenvalue weighted by atomic mass is 16.3. The van der Waals surface area contributed by atoms with Gasteiger partial charge in [0.25, 0.3) is 0 Å². The molecule has 58 valence electrons. The summed E-state index contributed by atoms with van der Waals surface area (Å²) in [6.45, 7) is 3.56. The van der Waals surface area contributed by atoms with Crippen LogP contribution in [-0.4, -0.2) is 21.9 Å². The van der Waals surface area contributed by atoms with Gasteiger partial charge in [-0.1, -0.05) is 19.1 Å². The molecule has 0 fully saturated rings. The third-order valence-corrected chi connectivity index (χ3v) is 2.10. The molecule has 0 unspecified atom stereocenters. The Morgan fingerprint density at radius 1 is 1.60 bits per heavy atom. The van der Waals surface area contributed by atoms with Gasteiger partial charge in [-0.05, 0) is 19.3 Å². The molecule has 2 N–H and O–H groups in total. The molecule has 0 amide bonds. The second kappa shape index (κ2) is 2.36. The van der Waals surface area contributed by atoms with Crippen LogP contribution in [0.2, 0.25) is 0 Å². The van der Waals surface area contributed by atoms with Crippen LogP contribution >= 0.6 is 0 Å². The quantitative estimate of drug-likeness (QED) is 0.489. The molecule has 1 aliphatic rings. The van der Waals surface area contributed by atoms with Gasteiger partial charge in [-0.2, -0.15) is 0 Å². The fourth-order valence-corrected chi connectivity index (χ4v) is 1.32. The minimum Gasteiger partial charge on any atom is -0.390 e. The number of aliphatic hydroxyl groups excluding tert-OH is 1. The highest BCUT2D eigenvalue weighted by Crippen LogP contribution is 2.26. The van der Waals surface area contributed by atoms with E-state index in [2.05, 4.69) is 0 Å². The molecule has 0 heterocycles. The van der Waals surface area contributed by atoms with Crippen LogP contribution < -0.4 is 0 Å². The summed E-state index contributed by atoms with van der Waals surface area (Å²) >= 11 is 0. The molecule has 0 aliphatic heterocycles. The van der Waals surface area contributed by atoms with Crippen molar-refractivity contribution in [2.24, 2.45) is 5.92 Å². The highest BCUT2D eigenvalue weighted by Gasteiger charge is 2.33. The molecule has 1 rings (SSSR count). The standard InChI is InChI=1S/C8H14O2/c1-6-4-3-5-8(2,10)7(6)9/h3,5-7,9-10H,4H2,1-2H3/t6-,7-,8+/m0/s1. The molecule has 0 aromatic rings. The number of allylic oxidation sites excluding steroid dienone is 1. The lowest BCUT2D eigenvalue weighted by Crippen LogP contribution is -2.43. The molecule has 0 saturated heterocycles. The monoisotopic (exact) mass is 142 g/mol. The summed E-state index contributed by atoms with van der Waals surface area (Å²) in [5, 5.41) is 18.9. The summed E-state index contributed by atoms with van der Waals surface area (Å²) in [6, 6.07) is 0. The van der Waals surface area contributed by atoms with Crippen molar-refractivity contribution in [1.29, 1.82) is 0 Å². The molecule has 0 radical (unpaired) electrons. The molecule has 3 atom stereocenters. The molecular weight excluding hydrogens is 128 g/mol. The van der Waals surface area contributed by atoms with Crippen molar-refractivity contribution in [3.63, 3.8) is 0 Å². The largest absolute Gasteiger partial charge is 0.390 e. The third kappa shape index (κ3) is 1.22. The Hall–Kier alpha value is -0.340. The first kappa shape index (κ1) is 7.76. The lowest BCUT2D eigenvalue weighted by atomic mass is 9.83. The predicted octanol–water partition coefficient (Wildman–Crippen LogP) is 0.694. The van der Waals surface area contributed by atoms with Crippen LogP contribution in [-0.2, 0) is 0 Å². The molecule has 2 heteroatoms. The molecule has 0 saturated carbocycles. The Kier molecular flexibility index (Phi) is 1.84. The van der Waals surface area contributed by atoms with E-state index in [9.17, 15) is 10.2 Å². The zero-order valence-corrected chi connectivity index (χ0v) is 6.41. The lowest BCUT2D eigenvalue weighted by Gasteiger charge is -2.33. The number of aliphatic hydroxyl groups is 2. The number of hydrogen-bond donors (Lipinski definition) is 2. The summed E-state index contributed by atoms with van der Waals surface area (Å²) in [5.74, 6) is 0.167. The average molecular weight is 142 g/mol. The fraction of sp³-hybridized carbons (Fsp3) is 0.750. The maximum absolute atomic E-state index is 9.48. The maximum atomic E-state index is 9.48. The van der Waals surface area contributed by atoms with Crippen molar-refractivity contribution in [2.45, 2.75) is 32.0 Å². The van der Waals surface area contributed by atoms with Crippen molar-refractivity contribution in [1.82, 2.24) is 0 Å². The molecule has 0 aromatic heterocycles. The lowest BCUT2D eigenvalue weighted by molar-refractivity contribution is -0.0587. The van der Waals surface area contributed by atoms with Crippen LogP contribution in [0.25, 0.3) is 0 Å². The molecule has 0 aromatic carbocycles. The van der Waals surface area contributed by atoms with Gasteiger partial charge in [0, 0.05) is 0 Å². The summed E-state index contributed by atoms with van der Waals surface area (Å²) in [6.07, 6.45) is 3.82. The summed E-state index contributed by atoms with van der Waals surface area (Å²) in [4.78, 5) is 0. The minimum absolute atomic E-state index is 0.167. The van der Waals surface area contributed by atoms with E-state index in [-0.39, 0.29) is 5.92 Å². The summed E-state index contributed by atoms with van der Waals surface area (Å²) < 4.78 is 0. The summed E-state index contributed by atoms with van der Waals surface area (Å²) in [5.41, 5.74) is -1.02. The predicted molar refractivity (Wildman–Crippen MR) is 39.6 cm³/mol. The first-order valence-corrected chi connectivity index (χ1v) is 3.62. The van der Waals surface area contributed by atoms with Gasteiger partial charge in [-0.3, -0.25) is 0 Å². The second-order valence-corrected chi connectivity index (χ2v) is 3.29. The van der Waals surface area contributed by atoms with Crippen molar-refractivity contribution >= 4 is 0 Å². The van der Waals surface area contributed by atoms with Gasteiger partial charge in [0.1, 0.15) is 5.60 Å². The fourth-order valence-electron chi connectivity index (χ4n) is 1.32. The van der Waals surface area contributed by atoms with Gasteiger partial charge in [0.05, 0.1) is 6.10 Å². The zero-order chi connectivity index (χ0) is 7.78. The van der Waals surface area contributed by atoms with E-state index in [0.717, 1.165) is 6.42 Å². The van der Waals surface area contributed by atoms with E-state index in [1.165, 1.54) is 0 Å². The average Bonchev–Trinajstić information content (AvgIpc) is 1.83. The van der Waals surface area contributed by atoms with Gasteiger partial charge >= 0.3 is 0 Å². The molecule has 10 heavy (non-hydrogen) atoms. The van der Waals surface area contributed by atoms with Crippen LogP contribution in [0, 0.1) is 5.92 Å². The van der Waals surface area contributed by atoms with Gasteiger partial charge in [0.2, 0.25) is 0 Å². The molecule has 2 nitrogen and oxygen atoms in total. The van der Waals surface area contributed by atoms with Crippen molar-refractivity contribution < 1.29 is 10.2 Å². The molecule has 0 bridgehead atoms. The Balaban J connectivity index is 2.77. The first-order chi connectivity index (χ1) is 4.54. The first-order valence-electron chi connectivity index (χ1n) is 3.62. The Morgan fingerprint density at radius 3 is 2.60 bits per heavy atom. The number of hydrogen-bond acceptors (Lipinski definition) is 2. The smallest absolute Gasteiger partial charge is 0.106 e. The second-order valence-electron chi connectivity index (χ2n) is 3.29. The van der Waals surface area contributed by atoms with E-state index >= 15 is 0 Å². The SMILES string of the molecule is C[C@H]1CC=C[C@@](C)(O)[C@H]1O. The minimum atomic E-state index is -1.02. The third-order valence-electron chi connectivity index (χ3n) is 2.10. The van der Waals surface area contributed by atoms with Crippen LogP contribution in [0.3, 0.4) is 0 Å². The molecular formula is C8H14O2. The van der Waals surface area contributed by atoms with Crippen molar-refractivity contribution in [2.75, 3.05) is 0 Å². The van der Waals surface area contributed by atoms with Crippen molar-refractivity contribution in [3.05, 3.63) is 12.2 Å². The maximum Gasteiger partial charge on any atom is 0.106 e. The van der Waals surface area contributed by atoms with Crippen LogP contribution in [0.15, 0.2) is 12.2 Å². The zero-order valence-electron chi connectivity index (χ0n) is 6.41. The van der Waals surface area contributed by atoms with E-state index in [1.54, 1.807) is 13.0 Å². The van der Waals surface area contributed by atoms with E-state index < -0.39 is 11.7 Å². The normalized spacial score (nSPS) is 47.6. The van der Waals surface area contributed by atoms with E-state index in [1.807, 2.05) is 13.0 Å². The number of rotatable bonds is 0. The van der Waals surface area contributed by atoms with Crippen molar-refractivity contribution in [3.8, 4) is 0 Å². The van der Waals surface area contributed by atoms with Gasteiger partial charge in [-0.25, -0.2) is 0 Å². The van der Waals surface area contributed by atoms with E-state index in [4.69, 9.17) is 0 Å². The molecule has 0 spiro atoms. The van der Waals surface area contributed by atoms with Gasteiger partial charge < -0.3 is 10.2 Å². The van der Waals surface area contributed by atoms with Gasteiger partial charge in [-0.15, -0.1) is 0 Å². The Morgan fingerprint density at radius 2 is 2.20 bits per heavy atom. The van der Waals surface area contributed by atoms with Gasteiger partial charge in [0.15, 0.2) is 0 Å². The molecule has 1 aliphatic carbocycles.